The molecule has 0 spiro atoms. The fourth-order valence-electron chi connectivity index (χ4n) is 2.37. The zero-order valence-corrected chi connectivity index (χ0v) is 19.5. The maximum Gasteiger partial charge on any atom is 0.409 e. The molecule has 2 unspecified atom stereocenters. The molecule has 2 atom stereocenters. The van der Waals surface area contributed by atoms with Crippen LogP contribution >= 0.6 is 24.8 Å². The largest absolute Gasteiger partial charge is 0.430 e. The van der Waals surface area contributed by atoms with Crippen molar-refractivity contribution in [3.63, 3.8) is 0 Å². The number of rotatable bonds is 13. The van der Waals surface area contributed by atoms with Crippen LogP contribution in [0.1, 0.15) is 73.1 Å². The Labute approximate surface area is 182 Å². The number of unbranched alkanes of at least 4 members (excludes halogenated alkanes) is 3. The predicted molar refractivity (Wildman–Crippen MR) is 117 cm³/mol. The van der Waals surface area contributed by atoms with Crippen molar-refractivity contribution in [1.29, 1.82) is 0 Å². The second kappa shape index (κ2) is 18.1. The van der Waals surface area contributed by atoms with Crippen molar-refractivity contribution in [3.05, 3.63) is 0 Å². The smallest absolute Gasteiger partial charge is 0.409 e. The van der Waals surface area contributed by atoms with Gasteiger partial charge in [-0.25, -0.2) is 14.5 Å². The Morgan fingerprint density at radius 1 is 0.964 bits per heavy atom. The van der Waals surface area contributed by atoms with Crippen LogP contribution in [0.3, 0.4) is 0 Å². The molecule has 0 aliphatic rings. The predicted octanol–water partition coefficient (Wildman–Crippen LogP) is 3.96. The van der Waals surface area contributed by atoms with Gasteiger partial charge in [0.05, 0.1) is 0 Å². The van der Waals surface area contributed by atoms with Crippen molar-refractivity contribution < 1.29 is 19.1 Å². The van der Waals surface area contributed by atoms with Crippen LogP contribution in [-0.4, -0.2) is 48.8 Å². The lowest BCUT2D eigenvalue weighted by atomic mass is 10.2. The molecule has 0 aromatic carbocycles. The van der Waals surface area contributed by atoms with Gasteiger partial charge in [0, 0.05) is 26.6 Å². The summed E-state index contributed by atoms with van der Waals surface area (Å²) in [5, 5.41) is 5.38. The minimum atomic E-state index is -1.39. The molecule has 0 aliphatic heterocycles. The molecular formula is C18H40Cl2N4O4. The first-order valence-corrected chi connectivity index (χ1v) is 9.75. The van der Waals surface area contributed by atoms with Crippen molar-refractivity contribution in [2.45, 2.75) is 85.2 Å². The molecule has 0 saturated heterocycles. The summed E-state index contributed by atoms with van der Waals surface area (Å²) in [6.45, 7) is 11.1. The number of amides is 2. The Balaban J connectivity index is -0.00000312. The highest BCUT2D eigenvalue weighted by Gasteiger charge is 2.36. The SMILES string of the molecule is CCCCNC(=O)OC(C)N(CCCC)C(C)(N)OC(=O)NCCCC.Cl.Cl. The van der Waals surface area contributed by atoms with E-state index in [1.54, 1.807) is 18.7 Å². The van der Waals surface area contributed by atoms with Gasteiger partial charge in [-0.2, -0.15) is 0 Å². The maximum absolute atomic E-state index is 12.0. The van der Waals surface area contributed by atoms with Gasteiger partial charge in [-0.05, 0) is 26.2 Å². The Bertz CT molecular complexity index is 415. The van der Waals surface area contributed by atoms with Crippen LogP contribution in [0.4, 0.5) is 9.59 Å². The van der Waals surface area contributed by atoms with Crippen LogP contribution in [0, 0.1) is 0 Å². The fourth-order valence-corrected chi connectivity index (χ4v) is 2.37. The second-order valence-corrected chi connectivity index (χ2v) is 6.56. The molecule has 0 aliphatic carbocycles. The van der Waals surface area contributed by atoms with E-state index in [9.17, 15) is 9.59 Å². The van der Waals surface area contributed by atoms with Crippen molar-refractivity contribution in [1.82, 2.24) is 15.5 Å². The zero-order chi connectivity index (χ0) is 20.0. The number of carbonyl (C=O) groups excluding carboxylic acids is 2. The standard InChI is InChI=1S/C18H38N4O4.2ClH/c1-6-9-12-20-16(23)25-15(4)22(14-11-8-3)18(5,19)26-17(24)21-13-10-7-2;;/h15H,6-14,19H2,1-5H3,(H,20,23)(H,21,24);2*1H. The topological polar surface area (TPSA) is 106 Å². The number of nitrogens with two attached hydrogens (primary N) is 1. The van der Waals surface area contributed by atoms with Gasteiger partial charge in [0.25, 0.3) is 0 Å². The number of ether oxygens (including phenoxy) is 2. The number of hydrogen-bond donors (Lipinski definition) is 3. The van der Waals surface area contributed by atoms with Gasteiger partial charge in [0.1, 0.15) is 0 Å². The van der Waals surface area contributed by atoms with Crippen LogP contribution < -0.4 is 16.4 Å². The average molecular weight is 447 g/mol. The summed E-state index contributed by atoms with van der Waals surface area (Å²) in [6.07, 6.45) is 3.76. The summed E-state index contributed by atoms with van der Waals surface area (Å²) < 4.78 is 10.8. The van der Waals surface area contributed by atoms with Crippen LogP contribution in [0.5, 0.6) is 0 Å². The highest BCUT2D eigenvalue weighted by atomic mass is 35.5. The van der Waals surface area contributed by atoms with E-state index in [0.29, 0.717) is 19.6 Å². The van der Waals surface area contributed by atoms with Gasteiger partial charge in [-0.3, -0.25) is 5.73 Å². The molecule has 0 rings (SSSR count). The van der Waals surface area contributed by atoms with Gasteiger partial charge in [0.2, 0.25) is 5.85 Å². The molecule has 0 fully saturated rings. The van der Waals surface area contributed by atoms with Crippen LogP contribution in [0.15, 0.2) is 0 Å². The lowest BCUT2D eigenvalue weighted by Gasteiger charge is -2.40. The summed E-state index contributed by atoms with van der Waals surface area (Å²) in [5.74, 6) is -1.39. The van der Waals surface area contributed by atoms with Crippen LogP contribution in [-0.2, 0) is 9.47 Å². The van der Waals surface area contributed by atoms with E-state index in [-0.39, 0.29) is 24.8 Å². The fraction of sp³-hybridized carbons (Fsp3) is 0.889. The quantitative estimate of drug-likeness (QED) is 0.292. The summed E-state index contributed by atoms with van der Waals surface area (Å²) >= 11 is 0. The molecule has 0 bridgehead atoms. The first kappa shape index (κ1) is 31.7. The Kier molecular flexibility index (Phi) is 20.5. The third kappa shape index (κ3) is 14.1. The molecule has 0 saturated carbocycles. The Morgan fingerprint density at radius 2 is 1.43 bits per heavy atom. The molecule has 0 aromatic heterocycles. The highest BCUT2D eigenvalue weighted by molar-refractivity contribution is 5.85. The van der Waals surface area contributed by atoms with E-state index in [4.69, 9.17) is 15.2 Å². The molecule has 8 nitrogen and oxygen atoms in total. The van der Waals surface area contributed by atoms with E-state index in [2.05, 4.69) is 10.6 Å². The first-order chi connectivity index (χ1) is 12.3. The van der Waals surface area contributed by atoms with Crippen molar-refractivity contribution in [3.8, 4) is 0 Å². The number of alkyl carbamates (subject to hydrolysis) is 2. The minimum absolute atomic E-state index is 0. The number of carbonyl (C=O) groups is 2. The normalized spacial score (nSPS) is 13.4. The highest BCUT2D eigenvalue weighted by Crippen LogP contribution is 2.17. The second-order valence-electron chi connectivity index (χ2n) is 6.56. The summed E-state index contributed by atoms with van der Waals surface area (Å²) in [7, 11) is 0. The third-order valence-corrected chi connectivity index (χ3v) is 3.94. The van der Waals surface area contributed by atoms with Crippen molar-refractivity contribution in [2.75, 3.05) is 19.6 Å². The maximum atomic E-state index is 12.0. The molecular weight excluding hydrogens is 407 g/mol. The summed E-state index contributed by atoms with van der Waals surface area (Å²) in [4.78, 5) is 25.6. The van der Waals surface area contributed by atoms with Crippen LogP contribution in [0.2, 0.25) is 0 Å². The first-order valence-electron chi connectivity index (χ1n) is 9.75. The zero-order valence-electron chi connectivity index (χ0n) is 17.9. The van der Waals surface area contributed by atoms with Gasteiger partial charge >= 0.3 is 12.2 Å². The van der Waals surface area contributed by atoms with E-state index >= 15 is 0 Å². The minimum Gasteiger partial charge on any atom is -0.430 e. The van der Waals surface area contributed by atoms with Gasteiger partial charge in [0.15, 0.2) is 6.23 Å². The van der Waals surface area contributed by atoms with Gasteiger partial charge in [-0.15, -0.1) is 24.8 Å². The third-order valence-electron chi connectivity index (χ3n) is 3.94. The van der Waals surface area contributed by atoms with E-state index < -0.39 is 24.3 Å². The van der Waals surface area contributed by atoms with E-state index in [1.165, 1.54) is 0 Å². The molecule has 4 N–H and O–H groups in total. The molecule has 10 heteroatoms. The molecule has 0 radical (unpaired) electrons. The lowest BCUT2D eigenvalue weighted by molar-refractivity contribution is -0.159. The number of nitrogens with one attached hydrogen (secondary N) is 2. The van der Waals surface area contributed by atoms with E-state index in [0.717, 1.165) is 38.5 Å². The molecule has 170 valence electrons. The monoisotopic (exact) mass is 446 g/mol. The van der Waals surface area contributed by atoms with Gasteiger partial charge < -0.3 is 20.1 Å². The van der Waals surface area contributed by atoms with Crippen molar-refractivity contribution in [2.24, 2.45) is 5.73 Å². The molecule has 28 heavy (non-hydrogen) atoms. The Morgan fingerprint density at radius 3 is 1.89 bits per heavy atom. The summed E-state index contributed by atoms with van der Waals surface area (Å²) in [6, 6.07) is 0. The number of nitrogens with zero attached hydrogens (tertiary/aromatic N) is 1. The average Bonchev–Trinajstić information content (AvgIpc) is 2.54. The molecule has 0 aromatic rings. The van der Waals surface area contributed by atoms with E-state index in [1.807, 2.05) is 20.8 Å². The van der Waals surface area contributed by atoms with Crippen molar-refractivity contribution >= 4 is 37.0 Å². The number of hydrogen-bond acceptors (Lipinski definition) is 6. The number of halogens is 2. The Hall–Kier alpha value is -0.960. The molecule has 0 heterocycles. The van der Waals surface area contributed by atoms with Gasteiger partial charge in [-0.1, -0.05) is 40.0 Å². The summed E-state index contributed by atoms with van der Waals surface area (Å²) in [5.41, 5.74) is 6.24. The molecule has 2 amide bonds. The van der Waals surface area contributed by atoms with Crippen LogP contribution in [0.25, 0.3) is 0 Å². The lowest BCUT2D eigenvalue weighted by Crippen LogP contribution is -2.61.